The first-order valence-electron chi connectivity index (χ1n) is 13.2. The quantitative estimate of drug-likeness (QED) is 0.300. The van der Waals surface area contributed by atoms with Crippen LogP contribution in [0, 0.1) is 0 Å². The van der Waals surface area contributed by atoms with Crippen LogP contribution in [0.15, 0.2) is 72.9 Å². The van der Waals surface area contributed by atoms with Crippen molar-refractivity contribution in [2.24, 2.45) is 0 Å². The Balaban J connectivity index is 1.21. The molecular formula is C31H30N4O. The number of rotatable bonds is 3. The normalized spacial score (nSPS) is 16.6. The van der Waals surface area contributed by atoms with E-state index in [1.165, 1.54) is 59.9 Å². The topological polar surface area (TPSA) is 54.0 Å². The number of benzene rings is 3. The molecule has 2 aliphatic rings. The molecule has 1 aliphatic carbocycles. The molecule has 0 unspecified atom stereocenters. The number of para-hydroxylation sites is 1. The number of anilines is 1. The number of pyridine rings is 1. The van der Waals surface area contributed by atoms with Gasteiger partial charge in [-0.05, 0) is 60.4 Å². The molecule has 3 heterocycles. The molecule has 2 aromatic heterocycles. The van der Waals surface area contributed by atoms with Gasteiger partial charge in [0.2, 0.25) is 0 Å². The third-order valence-electron chi connectivity index (χ3n) is 7.83. The number of ether oxygens (including phenoxy) is 1. The largest absolute Gasteiger partial charge is 0.491 e. The van der Waals surface area contributed by atoms with Crippen LogP contribution in [-0.2, 0) is 6.54 Å². The van der Waals surface area contributed by atoms with Gasteiger partial charge in [-0.3, -0.25) is 4.98 Å². The maximum absolute atomic E-state index is 6.17. The van der Waals surface area contributed by atoms with E-state index >= 15 is 0 Å². The number of imidazole rings is 1. The van der Waals surface area contributed by atoms with E-state index in [0.29, 0.717) is 12.5 Å². The zero-order valence-corrected chi connectivity index (χ0v) is 20.4. The molecule has 5 heteroatoms. The van der Waals surface area contributed by atoms with Crippen molar-refractivity contribution in [2.75, 3.05) is 18.1 Å². The molecule has 1 N–H and O–H groups in total. The van der Waals surface area contributed by atoms with Crippen LogP contribution >= 0.6 is 0 Å². The first kappa shape index (κ1) is 21.4. The van der Waals surface area contributed by atoms with Crippen molar-refractivity contribution in [3.05, 3.63) is 84.3 Å². The van der Waals surface area contributed by atoms with Gasteiger partial charge in [0, 0.05) is 35.3 Å². The SMILES string of the molecule is c1ccc2c(N3CCOc4ccc(-c5ccc6nc(C7CCCCC7)[nH]c6c5)cc4C3)ccnc2c1. The van der Waals surface area contributed by atoms with Crippen molar-refractivity contribution >= 4 is 27.6 Å². The highest BCUT2D eigenvalue weighted by atomic mass is 16.5. The number of aromatic nitrogens is 3. The molecule has 1 saturated carbocycles. The van der Waals surface area contributed by atoms with E-state index in [2.05, 4.69) is 75.5 Å². The van der Waals surface area contributed by atoms with Crippen LogP contribution in [0.3, 0.4) is 0 Å². The minimum absolute atomic E-state index is 0.578. The molecule has 36 heavy (non-hydrogen) atoms. The van der Waals surface area contributed by atoms with Crippen molar-refractivity contribution in [3.8, 4) is 16.9 Å². The van der Waals surface area contributed by atoms with E-state index in [9.17, 15) is 0 Å². The fourth-order valence-corrected chi connectivity index (χ4v) is 5.91. The summed E-state index contributed by atoms with van der Waals surface area (Å²) < 4.78 is 6.17. The lowest BCUT2D eigenvalue weighted by molar-refractivity contribution is 0.332. The van der Waals surface area contributed by atoms with Gasteiger partial charge in [0.1, 0.15) is 18.2 Å². The van der Waals surface area contributed by atoms with Crippen LogP contribution in [0.4, 0.5) is 5.69 Å². The summed E-state index contributed by atoms with van der Waals surface area (Å²) in [5.41, 5.74) is 8.03. The number of fused-ring (bicyclic) bond motifs is 3. The molecular weight excluding hydrogens is 444 g/mol. The molecule has 0 spiro atoms. The van der Waals surface area contributed by atoms with E-state index in [1.54, 1.807) is 0 Å². The second kappa shape index (κ2) is 8.98. The van der Waals surface area contributed by atoms with Gasteiger partial charge in [-0.25, -0.2) is 4.98 Å². The Labute approximate surface area is 211 Å². The Morgan fingerprint density at radius 3 is 2.67 bits per heavy atom. The highest BCUT2D eigenvalue weighted by Crippen LogP contribution is 2.35. The number of H-pyrrole nitrogens is 1. The number of hydrogen-bond acceptors (Lipinski definition) is 4. The molecule has 0 bridgehead atoms. The van der Waals surface area contributed by atoms with Gasteiger partial charge < -0.3 is 14.6 Å². The smallest absolute Gasteiger partial charge is 0.124 e. The Kier molecular flexibility index (Phi) is 5.34. The third-order valence-corrected chi connectivity index (χ3v) is 7.83. The Hall–Kier alpha value is -3.86. The summed E-state index contributed by atoms with van der Waals surface area (Å²) in [6.45, 7) is 2.30. The van der Waals surface area contributed by atoms with Gasteiger partial charge >= 0.3 is 0 Å². The van der Waals surface area contributed by atoms with Crippen LogP contribution < -0.4 is 9.64 Å². The summed E-state index contributed by atoms with van der Waals surface area (Å²) in [4.78, 5) is 15.5. The van der Waals surface area contributed by atoms with Crippen molar-refractivity contribution in [1.82, 2.24) is 15.0 Å². The first-order chi connectivity index (χ1) is 17.8. The predicted octanol–water partition coefficient (Wildman–Crippen LogP) is 7.22. The van der Waals surface area contributed by atoms with E-state index in [1.807, 2.05) is 12.3 Å². The highest BCUT2D eigenvalue weighted by molar-refractivity contribution is 5.91. The van der Waals surface area contributed by atoms with Crippen LogP contribution in [0.2, 0.25) is 0 Å². The van der Waals surface area contributed by atoms with E-state index in [4.69, 9.17) is 9.72 Å². The van der Waals surface area contributed by atoms with Gasteiger partial charge in [0.05, 0.1) is 23.1 Å². The van der Waals surface area contributed by atoms with E-state index in [0.717, 1.165) is 41.2 Å². The van der Waals surface area contributed by atoms with Gasteiger partial charge in [0.15, 0.2) is 0 Å². The number of nitrogens with one attached hydrogen (secondary N) is 1. The molecule has 3 aromatic carbocycles. The molecule has 1 fully saturated rings. The van der Waals surface area contributed by atoms with Crippen LogP contribution in [0.5, 0.6) is 5.75 Å². The minimum atomic E-state index is 0.578. The zero-order valence-electron chi connectivity index (χ0n) is 20.4. The minimum Gasteiger partial charge on any atom is -0.491 e. The summed E-state index contributed by atoms with van der Waals surface area (Å²) in [6.07, 6.45) is 8.40. The Morgan fingerprint density at radius 1 is 0.861 bits per heavy atom. The number of hydrogen-bond donors (Lipinski definition) is 1. The van der Waals surface area contributed by atoms with Crippen LogP contribution in [-0.4, -0.2) is 28.1 Å². The van der Waals surface area contributed by atoms with Gasteiger partial charge in [-0.15, -0.1) is 0 Å². The van der Waals surface area contributed by atoms with Gasteiger partial charge in [0.25, 0.3) is 0 Å². The number of aromatic amines is 1. The van der Waals surface area contributed by atoms with Crippen LogP contribution in [0.1, 0.15) is 49.4 Å². The van der Waals surface area contributed by atoms with Gasteiger partial charge in [-0.2, -0.15) is 0 Å². The lowest BCUT2D eigenvalue weighted by Gasteiger charge is -2.23. The van der Waals surface area contributed by atoms with E-state index < -0.39 is 0 Å². The van der Waals surface area contributed by atoms with Crippen LogP contribution in [0.25, 0.3) is 33.1 Å². The summed E-state index contributed by atoms with van der Waals surface area (Å²) in [5, 5.41) is 1.18. The summed E-state index contributed by atoms with van der Waals surface area (Å²) in [5.74, 6) is 2.72. The highest BCUT2D eigenvalue weighted by Gasteiger charge is 2.20. The standard InChI is InChI=1S/C31H30N4O/c1-2-6-21(7-3-1)31-33-27-12-10-23(19-28(27)34-31)22-11-13-30-24(18-22)20-35(16-17-36-30)29-14-15-32-26-9-5-4-8-25(26)29/h4-5,8-15,18-19,21H,1-3,6-7,16-17,20H2,(H,33,34). The maximum atomic E-state index is 6.17. The average Bonchev–Trinajstić information content (AvgIpc) is 3.25. The number of nitrogens with zero attached hydrogens (tertiary/aromatic N) is 3. The molecule has 0 radical (unpaired) electrons. The average molecular weight is 475 g/mol. The van der Waals surface area contributed by atoms with Crippen molar-refractivity contribution in [1.29, 1.82) is 0 Å². The Bertz CT molecular complexity index is 1540. The summed E-state index contributed by atoms with van der Waals surface area (Å²) in [7, 11) is 0. The molecule has 7 rings (SSSR count). The maximum Gasteiger partial charge on any atom is 0.124 e. The second-order valence-electron chi connectivity index (χ2n) is 10.1. The fraction of sp³-hybridized carbons (Fsp3) is 0.290. The summed E-state index contributed by atoms with van der Waals surface area (Å²) >= 11 is 0. The molecule has 0 saturated heterocycles. The molecule has 5 nitrogen and oxygen atoms in total. The second-order valence-corrected chi connectivity index (χ2v) is 10.1. The lowest BCUT2D eigenvalue weighted by atomic mass is 9.89. The molecule has 1 aliphatic heterocycles. The first-order valence-corrected chi connectivity index (χ1v) is 13.2. The van der Waals surface area contributed by atoms with Crippen molar-refractivity contribution in [3.63, 3.8) is 0 Å². The van der Waals surface area contributed by atoms with Crippen molar-refractivity contribution < 1.29 is 4.74 Å². The molecule has 0 atom stereocenters. The fourth-order valence-electron chi connectivity index (χ4n) is 5.91. The third kappa shape index (κ3) is 3.89. The van der Waals surface area contributed by atoms with E-state index in [-0.39, 0.29) is 0 Å². The monoisotopic (exact) mass is 474 g/mol. The molecule has 5 aromatic rings. The lowest BCUT2D eigenvalue weighted by Crippen LogP contribution is -2.25. The summed E-state index contributed by atoms with van der Waals surface area (Å²) in [6, 6.07) is 23.7. The van der Waals surface area contributed by atoms with Crippen molar-refractivity contribution in [2.45, 2.75) is 44.6 Å². The predicted molar refractivity (Wildman–Crippen MR) is 146 cm³/mol. The molecule has 180 valence electrons. The molecule has 0 amide bonds. The Morgan fingerprint density at radius 2 is 1.72 bits per heavy atom. The zero-order chi connectivity index (χ0) is 23.9. The van der Waals surface area contributed by atoms with Gasteiger partial charge in [-0.1, -0.05) is 49.6 Å².